The summed E-state index contributed by atoms with van der Waals surface area (Å²) < 4.78 is 27.0. The highest BCUT2D eigenvalue weighted by molar-refractivity contribution is 5.75. The average molecular weight is 342 g/mol. The number of carbonyl (C=O) groups is 2. The number of carboxylic acid groups (broad SMARTS) is 1. The summed E-state index contributed by atoms with van der Waals surface area (Å²) in [5, 5.41) is 21.3. The Kier molecular flexibility index (Phi) is 6.08. The third-order valence-corrected chi connectivity index (χ3v) is 4.17. The number of hydrogen-bond acceptors (Lipinski definition) is 3. The molecular formula is C16H20F2N2O4. The largest absolute Gasteiger partial charge is 0.481 e. The minimum Gasteiger partial charge on any atom is -0.481 e. The van der Waals surface area contributed by atoms with Gasteiger partial charge in [0.15, 0.2) is 0 Å². The van der Waals surface area contributed by atoms with Gasteiger partial charge in [-0.05, 0) is 37.0 Å². The fourth-order valence-electron chi connectivity index (χ4n) is 2.80. The summed E-state index contributed by atoms with van der Waals surface area (Å²) in [6.07, 6.45) is -0.384. The van der Waals surface area contributed by atoms with E-state index in [9.17, 15) is 23.5 Å². The topological polar surface area (TPSA) is 89.9 Å². The van der Waals surface area contributed by atoms with Crippen LogP contribution in [0.3, 0.4) is 0 Å². The van der Waals surface area contributed by atoms with Gasteiger partial charge in [0.05, 0.1) is 12.5 Å². The second-order valence-electron chi connectivity index (χ2n) is 5.81. The van der Waals surface area contributed by atoms with Crippen molar-refractivity contribution in [2.75, 3.05) is 19.6 Å². The van der Waals surface area contributed by atoms with Gasteiger partial charge < -0.3 is 20.4 Å². The molecule has 1 atom stereocenters. The van der Waals surface area contributed by atoms with Crippen molar-refractivity contribution in [1.29, 1.82) is 0 Å². The van der Waals surface area contributed by atoms with Gasteiger partial charge in [-0.15, -0.1) is 0 Å². The Morgan fingerprint density at radius 1 is 1.29 bits per heavy atom. The Bertz CT molecular complexity index is 604. The van der Waals surface area contributed by atoms with Crippen LogP contribution in [0.25, 0.3) is 0 Å². The molecule has 1 aliphatic rings. The second-order valence-corrected chi connectivity index (χ2v) is 5.81. The Labute approximate surface area is 138 Å². The summed E-state index contributed by atoms with van der Waals surface area (Å²) in [5.74, 6) is -2.53. The molecule has 0 saturated carbocycles. The van der Waals surface area contributed by atoms with Crippen LogP contribution < -0.4 is 5.32 Å². The highest BCUT2D eigenvalue weighted by Crippen LogP contribution is 2.32. The molecule has 1 aliphatic heterocycles. The number of urea groups is 1. The number of aliphatic hydroxyl groups is 1. The molecule has 0 aliphatic carbocycles. The van der Waals surface area contributed by atoms with E-state index in [1.807, 2.05) is 0 Å². The van der Waals surface area contributed by atoms with Gasteiger partial charge in [0.25, 0.3) is 0 Å². The molecule has 1 unspecified atom stereocenters. The maximum atomic E-state index is 13.7. The van der Waals surface area contributed by atoms with E-state index in [1.165, 1.54) is 4.90 Å². The first-order valence-corrected chi connectivity index (χ1v) is 7.76. The van der Waals surface area contributed by atoms with E-state index in [4.69, 9.17) is 5.11 Å². The molecule has 1 heterocycles. The van der Waals surface area contributed by atoms with Gasteiger partial charge in [0.2, 0.25) is 0 Å². The van der Waals surface area contributed by atoms with Crippen molar-refractivity contribution >= 4 is 12.0 Å². The predicted octanol–water partition coefficient (Wildman–Crippen LogP) is 1.89. The molecule has 0 bridgehead atoms. The molecule has 0 spiro atoms. The fraction of sp³-hybridized carbons (Fsp3) is 0.500. The van der Waals surface area contributed by atoms with Crippen LogP contribution in [0.1, 0.15) is 30.9 Å². The van der Waals surface area contributed by atoms with Crippen LogP contribution in [0, 0.1) is 17.6 Å². The maximum absolute atomic E-state index is 13.7. The van der Waals surface area contributed by atoms with Crippen LogP contribution in [0.2, 0.25) is 0 Å². The average Bonchev–Trinajstić information content (AvgIpc) is 2.56. The summed E-state index contributed by atoms with van der Waals surface area (Å²) in [5.41, 5.74) is -0.0700. The number of amides is 2. The van der Waals surface area contributed by atoms with Crippen molar-refractivity contribution in [2.24, 2.45) is 5.92 Å². The van der Waals surface area contributed by atoms with Crippen LogP contribution in [0.15, 0.2) is 18.2 Å². The molecule has 1 fully saturated rings. The number of halogens is 2. The SMILES string of the molecule is O=C(O)CCNC(=O)N1CCC(C(O)c2cc(F)ccc2F)CC1. The lowest BCUT2D eigenvalue weighted by molar-refractivity contribution is -0.136. The zero-order chi connectivity index (χ0) is 17.7. The zero-order valence-corrected chi connectivity index (χ0v) is 13.0. The summed E-state index contributed by atoms with van der Waals surface area (Å²) >= 11 is 0. The number of aliphatic carboxylic acids is 1. The standard InChI is InChI=1S/C16H20F2N2O4/c17-11-1-2-13(18)12(9-11)15(23)10-4-7-20(8-5-10)16(24)19-6-3-14(21)22/h1-2,9-10,15,23H,3-8H2,(H,19,24)(H,21,22). The van der Waals surface area contributed by atoms with Crippen LogP contribution >= 0.6 is 0 Å². The summed E-state index contributed by atoms with van der Waals surface area (Å²) in [7, 11) is 0. The highest BCUT2D eigenvalue weighted by atomic mass is 19.1. The Morgan fingerprint density at radius 3 is 2.58 bits per heavy atom. The Hall–Kier alpha value is -2.22. The molecule has 132 valence electrons. The molecule has 8 heteroatoms. The third kappa shape index (κ3) is 4.64. The molecule has 2 amide bonds. The van der Waals surface area contributed by atoms with Crippen LogP contribution in [0.4, 0.5) is 13.6 Å². The number of hydrogen-bond donors (Lipinski definition) is 3. The zero-order valence-electron chi connectivity index (χ0n) is 13.0. The smallest absolute Gasteiger partial charge is 0.317 e. The molecule has 0 aromatic heterocycles. The van der Waals surface area contributed by atoms with Gasteiger partial charge in [-0.2, -0.15) is 0 Å². The van der Waals surface area contributed by atoms with E-state index in [1.54, 1.807) is 0 Å². The molecule has 3 N–H and O–H groups in total. The van der Waals surface area contributed by atoms with E-state index in [0.717, 1.165) is 18.2 Å². The lowest BCUT2D eigenvalue weighted by atomic mass is 9.87. The molecular weight excluding hydrogens is 322 g/mol. The summed E-state index contributed by atoms with van der Waals surface area (Å²) in [6, 6.07) is 2.61. The molecule has 1 saturated heterocycles. The van der Waals surface area contributed by atoms with Crippen molar-refractivity contribution in [3.8, 4) is 0 Å². The first kappa shape index (κ1) is 18.1. The van der Waals surface area contributed by atoms with E-state index < -0.39 is 23.7 Å². The number of nitrogens with one attached hydrogen (secondary N) is 1. The lowest BCUT2D eigenvalue weighted by Crippen LogP contribution is -2.45. The van der Waals surface area contributed by atoms with Gasteiger partial charge in [-0.3, -0.25) is 4.79 Å². The Balaban J connectivity index is 1.86. The van der Waals surface area contributed by atoms with Gasteiger partial charge in [-0.25, -0.2) is 13.6 Å². The summed E-state index contributed by atoms with van der Waals surface area (Å²) in [6.45, 7) is 0.764. The van der Waals surface area contributed by atoms with Gasteiger partial charge in [0.1, 0.15) is 11.6 Å². The lowest BCUT2D eigenvalue weighted by Gasteiger charge is -2.34. The molecule has 24 heavy (non-hydrogen) atoms. The minimum absolute atomic E-state index is 0.0468. The van der Waals surface area contributed by atoms with E-state index in [2.05, 4.69) is 5.32 Å². The fourth-order valence-corrected chi connectivity index (χ4v) is 2.80. The van der Waals surface area contributed by atoms with Gasteiger partial charge in [0, 0.05) is 25.2 Å². The van der Waals surface area contributed by atoms with Gasteiger partial charge in [-0.1, -0.05) is 0 Å². The normalized spacial score (nSPS) is 16.7. The first-order valence-electron chi connectivity index (χ1n) is 7.76. The number of likely N-dealkylation sites (tertiary alicyclic amines) is 1. The maximum Gasteiger partial charge on any atom is 0.317 e. The number of benzene rings is 1. The molecule has 1 aromatic carbocycles. The summed E-state index contributed by atoms with van der Waals surface area (Å²) in [4.78, 5) is 23.8. The van der Waals surface area contributed by atoms with Crippen LogP contribution in [0.5, 0.6) is 0 Å². The van der Waals surface area contributed by atoms with E-state index >= 15 is 0 Å². The molecule has 2 rings (SSSR count). The monoisotopic (exact) mass is 342 g/mol. The number of rotatable bonds is 5. The third-order valence-electron chi connectivity index (χ3n) is 4.17. The molecule has 6 nitrogen and oxygen atoms in total. The quantitative estimate of drug-likeness (QED) is 0.762. The van der Waals surface area contributed by atoms with Crippen molar-refractivity contribution in [1.82, 2.24) is 10.2 Å². The van der Waals surface area contributed by atoms with Crippen molar-refractivity contribution in [3.05, 3.63) is 35.4 Å². The number of carboxylic acids is 1. The number of carbonyl (C=O) groups excluding carboxylic acids is 1. The van der Waals surface area contributed by atoms with Crippen molar-refractivity contribution in [2.45, 2.75) is 25.4 Å². The van der Waals surface area contributed by atoms with Crippen LogP contribution in [-0.4, -0.2) is 46.7 Å². The molecule has 1 aromatic rings. The number of piperidine rings is 1. The Morgan fingerprint density at radius 2 is 1.96 bits per heavy atom. The highest BCUT2D eigenvalue weighted by Gasteiger charge is 2.29. The number of aliphatic hydroxyl groups excluding tert-OH is 1. The van der Waals surface area contributed by atoms with Gasteiger partial charge >= 0.3 is 12.0 Å². The van der Waals surface area contributed by atoms with Crippen LogP contribution in [-0.2, 0) is 4.79 Å². The first-order chi connectivity index (χ1) is 11.4. The van der Waals surface area contributed by atoms with E-state index in [-0.39, 0.29) is 30.5 Å². The van der Waals surface area contributed by atoms with Crippen molar-refractivity contribution < 1.29 is 28.6 Å². The molecule has 0 radical (unpaired) electrons. The van der Waals surface area contributed by atoms with E-state index in [0.29, 0.717) is 25.9 Å². The van der Waals surface area contributed by atoms with Crippen molar-refractivity contribution in [3.63, 3.8) is 0 Å². The minimum atomic E-state index is -1.13. The second kappa shape index (κ2) is 8.05. The predicted molar refractivity (Wildman–Crippen MR) is 81.3 cm³/mol. The number of nitrogens with zero attached hydrogens (tertiary/aromatic N) is 1.